The van der Waals surface area contributed by atoms with E-state index in [-0.39, 0.29) is 0 Å². The van der Waals surface area contributed by atoms with Crippen LogP contribution < -0.4 is 11.3 Å². The number of rotatable bonds is 2. The summed E-state index contributed by atoms with van der Waals surface area (Å²) in [5.41, 5.74) is 5.42. The van der Waals surface area contributed by atoms with Crippen molar-refractivity contribution in [2.24, 2.45) is 5.84 Å². The molecule has 0 amide bonds. The Bertz CT molecular complexity index is 685. The second-order valence-corrected chi connectivity index (χ2v) is 4.00. The Morgan fingerprint density at radius 3 is 2.67 bits per heavy atom. The van der Waals surface area contributed by atoms with Gasteiger partial charge in [0.05, 0.1) is 17.3 Å². The van der Waals surface area contributed by atoms with Crippen LogP contribution in [0.1, 0.15) is 5.56 Å². The normalized spacial score (nSPS) is 10.8. The quantitative estimate of drug-likeness (QED) is 0.523. The maximum absolute atomic E-state index is 5.41. The molecule has 3 rings (SSSR count). The summed E-state index contributed by atoms with van der Waals surface area (Å²) in [4.78, 5) is 8.29. The second-order valence-electron chi connectivity index (χ2n) is 4.00. The van der Waals surface area contributed by atoms with Gasteiger partial charge in [0.25, 0.3) is 0 Å². The number of anilines is 1. The minimum atomic E-state index is 0.568. The van der Waals surface area contributed by atoms with Gasteiger partial charge in [0, 0.05) is 0 Å². The van der Waals surface area contributed by atoms with E-state index in [0.29, 0.717) is 5.82 Å². The van der Waals surface area contributed by atoms with Crippen LogP contribution in [0.2, 0.25) is 0 Å². The second kappa shape index (κ2) is 4.08. The zero-order chi connectivity index (χ0) is 12.5. The Kier molecular flexibility index (Phi) is 2.42. The van der Waals surface area contributed by atoms with Crippen molar-refractivity contribution in [3.05, 3.63) is 42.4 Å². The molecule has 3 N–H and O–H groups in total. The van der Waals surface area contributed by atoms with E-state index in [9.17, 15) is 0 Å². The molecule has 0 bridgehead atoms. The molecule has 0 fully saturated rings. The molecule has 0 unspecified atom stereocenters. The minimum absolute atomic E-state index is 0.568. The Balaban J connectivity index is 2.21. The van der Waals surface area contributed by atoms with E-state index in [1.165, 1.54) is 11.9 Å². The maximum Gasteiger partial charge on any atom is 0.168 e. The molecule has 0 atom stereocenters. The SMILES string of the molecule is Cc1ccc(-n2ncc3c(NN)ncnc32)cc1. The highest BCUT2D eigenvalue weighted by Gasteiger charge is 2.09. The van der Waals surface area contributed by atoms with Gasteiger partial charge in [-0.15, -0.1) is 0 Å². The van der Waals surface area contributed by atoms with Crippen LogP contribution in [0.3, 0.4) is 0 Å². The molecular weight excluding hydrogens is 228 g/mol. The van der Waals surface area contributed by atoms with E-state index in [4.69, 9.17) is 5.84 Å². The lowest BCUT2D eigenvalue weighted by Gasteiger charge is -2.04. The largest absolute Gasteiger partial charge is 0.308 e. The van der Waals surface area contributed by atoms with E-state index < -0.39 is 0 Å². The van der Waals surface area contributed by atoms with Gasteiger partial charge in [0.15, 0.2) is 11.5 Å². The van der Waals surface area contributed by atoms with Crippen molar-refractivity contribution in [2.45, 2.75) is 6.92 Å². The lowest BCUT2D eigenvalue weighted by atomic mass is 10.2. The Morgan fingerprint density at radius 2 is 1.94 bits per heavy atom. The number of hydrazine groups is 1. The smallest absolute Gasteiger partial charge is 0.168 e. The van der Waals surface area contributed by atoms with Crippen molar-refractivity contribution in [1.29, 1.82) is 0 Å². The number of benzene rings is 1. The van der Waals surface area contributed by atoms with Gasteiger partial charge in [-0.1, -0.05) is 17.7 Å². The fraction of sp³-hybridized carbons (Fsp3) is 0.0833. The van der Waals surface area contributed by atoms with E-state index in [1.807, 2.05) is 31.2 Å². The molecule has 3 aromatic rings. The van der Waals surface area contributed by atoms with Crippen LogP contribution in [0.5, 0.6) is 0 Å². The fourth-order valence-corrected chi connectivity index (χ4v) is 1.83. The van der Waals surface area contributed by atoms with Crippen LogP contribution in [0.15, 0.2) is 36.8 Å². The first-order valence-electron chi connectivity index (χ1n) is 5.52. The highest BCUT2D eigenvalue weighted by atomic mass is 15.3. The summed E-state index contributed by atoms with van der Waals surface area (Å²) in [6, 6.07) is 8.07. The number of aryl methyl sites for hydroxylation is 1. The van der Waals surface area contributed by atoms with Gasteiger partial charge < -0.3 is 5.43 Å². The van der Waals surface area contributed by atoms with Crippen LogP contribution in [0.25, 0.3) is 16.7 Å². The van der Waals surface area contributed by atoms with E-state index in [1.54, 1.807) is 10.9 Å². The standard InChI is InChI=1S/C12H12N6/c1-8-2-4-9(5-3-8)18-12-10(6-16-18)11(17-13)14-7-15-12/h2-7H,13H2,1H3,(H,14,15,17). The number of nitrogens with two attached hydrogens (primary N) is 1. The van der Waals surface area contributed by atoms with Gasteiger partial charge in [-0.05, 0) is 19.1 Å². The summed E-state index contributed by atoms with van der Waals surface area (Å²) >= 11 is 0. The van der Waals surface area contributed by atoms with Crippen molar-refractivity contribution in [1.82, 2.24) is 19.7 Å². The molecule has 0 radical (unpaired) electrons. The molecule has 1 aromatic carbocycles. The molecule has 0 spiro atoms. The topological polar surface area (TPSA) is 81.7 Å². The van der Waals surface area contributed by atoms with Crippen LogP contribution in [-0.4, -0.2) is 19.7 Å². The highest BCUT2D eigenvalue weighted by Crippen LogP contribution is 2.20. The third kappa shape index (κ3) is 1.59. The van der Waals surface area contributed by atoms with Crippen LogP contribution in [-0.2, 0) is 0 Å². The Labute approximate surface area is 103 Å². The molecule has 0 aliphatic carbocycles. The van der Waals surface area contributed by atoms with Gasteiger partial charge in [-0.2, -0.15) is 5.10 Å². The Hall–Kier alpha value is -2.47. The number of aromatic nitrogens is 4. The summed E-state index contributed by atoms with van der Waals surface area (Å²) in [6.45, 7) is 2.05. The number of nitrogens with zero attached hydrogens (tertiary/aromatic N) is 4. The van der Waals surface area contributed by atoms with Crippen molar-refractivity contribution < 1.29 is 0 Å². The lowest BCUT2D eigenvalue weighted by Crippen LogP contribution is -2.09. The summed E-state index contributed by atoms with van der Waals surface area (Å²) in [5.74, 6) is 5.97. The molecule has 90 valence electrons. The van der Waals surface area contributed by atoms with Crippen molar-refractivity contribution in [2.75, 3.05) is 5.43 Å². The van der Waals surface area contributed by atoms with Crippen molar-refractivity contribution >= 4 is 16.9 Å². The number of nitrogen functional groups attached to an aromatic ring is 1. The predicted octanol–water partition coefficient (Wildman–Crippen LogP) is 1.41. The monoisotopic (exact) mass is 240 g/mol. The van der Waals surface area contributed by atoms with E-state index in [0.717, 1.165) is 16.7 Å². The molecular formula is C12H12N6. The van der Waals surface area contributed by atoms with E-state index in [2.05, 4.69) is 20.5 Å². The first kappa shape index (κ1) is 10.7. The third-order valence-electron chi connectivity index (χ3n) is 2.78. The zero-order valence-electron chi connectivity index (χ0n) is 9.83. The molecule has 2 heterocycles. The average molecular weight is 240 g/mol. The molecule has 0 saturated carbocycles. The molecule has 0 aliphatic rings. The Morgan fingerprint density at radius 1 is 1.17 bits per heavy atom. The van der Waals surface area contributed by atoms with E-state index >= 15 is 0 Å². The number of hydrogen-bond donors (Lipinski definition) is 2. The van der Waals surface area contributed by atoms with Gasteiger partial charge in [-0.25, -0.2) is 20.5 Å². The highest BCUT2D eigenvalue weighted by molar-refractivity contribution is 5.86. The van der Waals surface area contributed by atoms with Gasteiger partial charge in [0.2, 0.25) is 0 Å². The van der Waals surface area contributed by atoms with Gasteiger partial charge in [0.1, 0.15) is 6.33 Å². The van der Waals surface area contributed by atoms with Crippen LogP contribution >= 0.6 is 0 Å². The summed E-state index contributed by atoms with van der Waals surface area (Å²) in [7, 11) is 0. The third-order valence-corrected chi connectivity index (χ3v) is 2.78. The number of fused-ring (bicyclic) bond motifs is 1. The zero-order valence-corrected chi connectivity index (χ0v) is 9.83. The number of nitrogens with one attached hydrogen (secondary N) is 1. The first-order valence-corrected chi connectivity index (χ1v) is 5.52. The molecule has 0 aliphatic heterocycles. The maximum atomic E-state index is 5.41. The van der Waals surface area contributed by atoms with Crippen LogP contribution in [0.4, 0.5) is 5.82 Å². The van der Waals surface area contributed by atoms with Gasteiger partial charge >= 0.3 is 0 Å². The molecule has 2 aromatic heterocycles. The minimum Gasteiger partial charge on any atom is -0.308 e. The van der Waals surface area contributed by atoms with Gasteiger partial charge in [-0.3, -0.25) is 0 Å². The molecule has 18 heavy (non-hydrogen) atoms. The first-order chi connectivity index (χ1) is 8.79. The van der Waals surface area contributed by atoms with Crippen molar-refractivity contribution in [3.63, 3.8) is 0 Å². The number of hydrogen-bond acceptors (Lipinski definition) is 5. The molecule has 6 heteroatoms. The molecule has 0 saturated heterocycles. The molecule has 6 nitrogen and oxygen atoms in total. The van der Waals surface area contributed by atoms with Crippen LogP contribution in [0, 0.1) is 6.92 Å². The predicted molar refractivity (Wildman–Crippen MR) is 69.2 cm³/mol. The van der Waals surface area contributed by atoms with Crippen molar-refractivity contribution in [3.8, 4) is 5.69 Å². The lowest BCUT2D eigenvalue weighted by molar-refractivity contribution is 0.894. The summed E-state index contributed by atoms with van der Waals surface area (Å²) < 4.78 is 1.76. The summed E-state index contributed by atoms with van der Waals surface area (Å²) in [6.07, 6.45) is 3.16. The fourth-order valence-electron chi connectivity index (χ4n) is 1.83. The summed E-state index contributed by atoms with van der Waals surface area (Å²) in [5, 5.41) is 5.11. The average Bonchev–Trinajstić information content (AvgIpc) is 2.83.